The van der Waals surface area contributed by atoms with Gasteiger partial charge in [-0.1, -0.05) is 37.3 Å². The van der Waals surface area contributed by atoms with Crippen LogP contribution in [0.15, 0.2) is 42.6 Å². The standard InChI is InChI=1S/C18H19ClN2/c1-3-14-6-8-15(9-7-14)11-16-17(12-19)21-10-4-5-13(2)18(21)20-16/h4-10H,3,11-12H2,1-2H3. The van der Waals surface area contributed by atoms with Gasteiger partial charge in [-0.15, -0.1) is 11.6 Å². The number of fused-ring (bicyclic) bond motifs is 1. The van der Waals surface area contributed by atoms with Gasteiger partial charge in [-0.05, 0) is 36.1 Å². The van der Waals surface area contributed by atoms with Gasteiger partial charge >= 0.3 is 0 Å². The van der Waals surface area contributed by atoms with Crippen LogP contribution in [-0.4, -0.2) is 9.38 Å². The highest BCUT2D eigenvalue weighted by Crippen LogP contribution is 2.20. The van der Waals surface area contributed by atoms with Crippen LogP contribution in [0.1, 0.15) is 35.0 Å². The number of pyridine rings is 1. The van der Waals surface area contributed by atoms with Gasteiger partial charge < -0.3 is 4.40 Å². The normalized spacial score (nSPS) is 11.2. The Kier molecular flexibility index (Phi) is 3.98. The molecule has 1 aromatic carbocycles. The minimum absolute atomic E-state index is 0.479. The van der Waals surface area contributed by atoms with Crippen LogP contribution < -0.4 is 0 Å². The summed E-state index contributed by atoms with van der Waals surface area (Å²) in [6, 6.07) is 12.9. The van der Waals surface area contributed by atoms with Gasteiger partial charge in [0.05, 0.1) is 17.3 Å². The molecule has 0 fully saturated rings. The highest BCUT2D eigenvalue weighted by molar-refractivity contribution is 6.17. The maximum absolute atomic E-state index is 6.16. The van der Waals surface area contributed by atoms with Gasteiger partial charge in [0, 0.05) is 12.6 Å². The Balaban J connectivity index is 2.01. The molecule has 21 heavy (non-hydrogen) atoms. The maximum atomic E-state index is 6.16. The Morgan fingerprint density at radius 1 is 1.10 bits per heavy atom. The van der Waals surface area contributed by atoms with E-state index in [4.69, 9.17) is 16.6 Å². The molecule has 0 bridgehead atoms. The molecule has 0 aliphatic carbocycles. The summed E-state index contributed by atoms with van der Waals surface area (Å²) in [4.78, 5) is 4.80. The molecule has 0 unspecified atom stereocenters. The van der Waals surface area contributed by atoms with E-state index in [-0.39, 0.29) is 0 Å². The number of aromatic nitrogens is 2. The van der Waals surface area contributed by atoms with E-state index in [1.54, 1.807) is 0 Å². The molecule has 0 amide bonds. The summed E-state index contributed by atoms with van der Waals surface area (Å²) >= 11 is 6.16. The second kappa shape index (κ2) is 5.90. The SMILES string of the molecule is CCc1ccc(Cc2nc3c(C)cccn3c2CCl)cc1. The van der Waals surface area contributed by atoms with Crippen LogP contribution >= 0.6 is 11.6 Å². The number of halogens is 1. The minimum atomic E-state index is 0.479. The molecule has 0 atom stereocenters. The Morgan fingerprint density at radius 2 is 1.81 bits per heavy atom. The number of nitrogens with zero attached hydrogens (tertiary/aromatic N) is 2. The van der Waals surface area contributed by atoms with Gasteiger partial charge in [-0.3, -0.25) is 0 Å². The Labute approximate surface area is 130 Å². The molecule has 0 N–H and O–H groups in total. The van der Waals surface area contributed by atoms with E-state index in [1.165, 1.54) is 16.7 Å². The lowest BCUT2D eigenvalue weighted by Gasteiger charge is -2.03. The molecule has 2 aromatic heterocycles. The van der Waals surface area contributed by atoms with Crippen molar-refractivity contribution in [3.63, 3.8) is 0 Å². The summed E-state index contributed by atoms with van der Waals surface area (Å²) in [5.41, 5.74) is 6.99. The van der Waals surface area contributed by atoms with E-state index in [2.05, 4.69) is 48.6 Å². The molecule has 3 rings (SSSR count). The Bertz CT molecular complexity index is 757. The first kappa shape index (κ1) is 14.2. The first-order valence-electron chi connectivity index (χ1n) is 7.32. The minimum Gasteiger partial charge on any atom is -0.302 e. The third-order valence-electron chi connectivity index (χ3n) is 3.96. The van der Waals surface area contributed by atoms with Gasteiger partial charge in [0.1, 0.15) is 5.65 Å². The summed E-state index contributed by atoms with van der Waals surface area (Å²) < 4.78 is 2.11. The second-order valence-electron chi connectivity index (χ2n) is 5.37. The highest BCUT2D eigenvalue weighted by Gasteiger charge is 2.12. The molecular weight excluding hydrogens is 280 g/mol. The van der Waals surface area contributed by atoms with E-state index in [9.17, 15) is 0 Å². The molecule has 0 spiro atoms. The fraction of sp³-hybridized carbons (Fsp3) is 0.278. The summed E-state index contributed by atoms with van der Waals surface area (Å²) in [6.45, 7) is 4.26. The third kappa shape index (κ3) is 2.68. The van der Waals surface area contributed by atoms with E-state index in [1.807, 2.05) is 12.3 Å². The maximum Gasteiger partial charge on any atom is 0.140 e. The molecule has 2 nitrogen and oxygen atoms in total. The first-order valence-corrected chi connectivity index (χ1v) is 7.85. The average Bonchev–Trinajstić information content (AvgIpc) is 2.87. The number of hydrogen-bond acceptors (Lipinski definition) is 1. The van der Waals surface area contributed by atoms with Crippen molar-refractivity contribution in [2.45, 2.75) is 32.6 Å². The van der Waals surface area contributed by atoms with Gasteiger partial charge in [0.15, 0.2) is 0 Å². The topological polar surface area (TPSA) is 17.3 Å². The molecule has 0 saturated heterocycles. The quantitative estimate of drug-likeness (QED) is 0.647. The lowest BCUT2D eigenvalue weighted by molar-refractivity contribution is 1.03. The van der Waals surface area contributed by atoms with Crippen LogP contribution in [0.3, 0.4) is 0 Å². The summed E-state index contributed by atoms with van der Waals surface area (Å²) in [5, 5.41) is 0. The predicted octanol–water partition coefficient (Wildman–Crippen LogP) is 4.53. The number of hydrogen-bond donors (Lipinski definition) is 0. The second-order valence-corrected chi connectivity index (χ2v) is 5.64. The van der Waals surface area contributed by atoms with E-state index < -0.39 is 0 Å². The van der Waals surface area contributed by atoms with Crippen LogP contribution in [0.25, 0.3) is 5.65 Å². The fourth-order valence-electron chi connectivity index (χ4n) is 2.67. The smallest absolute Gasteiger partial charge is 0.140 e. The van der Waals surface area contributed by atoms with Crippen molar-refractivity contribution in [3.8, 4) is 0 Å². The van der Waals surface area contributed by atoms with Crippen molar-refractivity contribution in [1.82, 2.24) is 9.38 Å². The van der Waals surface area contributed by atoms with Gasteiger partial charge in [-0.2, -0.15) is 0 Å². The zero-order chi connectivity index (χ0) is 14.8. The zero-order valence-electron chi connectivity index (χ0n) is 12.4. The van der Waals surface area contributed by atoms with Gasteiger partial charge in [0.25, 0.3) is 0 Å². The van der Waals surface area contributed by atoms with Gasteiger partial charge in [-0.25, -0.2) is 4.98 Å². The van der Waals surface area contributed by atoms with E-state index in [0.717, 1.165) is 29.9 Å². The molecular formula is C18H19ClN2. The van der Waals surface area contributed by atoms with Crippen molar-refractivity contribution in [1.29, 1.82) is 0 Å². The van der Waals surface area contributed by atoms with E-state index in [0.29, 0.717) is 5.88 Å². The predicted molar refractivity (Wildman–Crippen MR) is 88.1 cm³/mol. The molecule has 0 saturated carbocycles. The number of alkyl halides is 1. The molecule has 0 aliphatic rings. The van der Waals surface area contributed by atoms with Crippen LogP contribution in [0.5, 0.6) is 0 Å². The third-order valence-corrected chi connectivity index (χ3v) is 4.21. The lowest BCUT2D eigenvalue weighted by Crippen LogP contribution is -1.96. The summed E-state index contributed by atoms with van der Waals surface area (Å²) in [5.74, 6) is 0.479. The number of imidazole rings is 1. The number of rotatable bonds is 4. The van der Waals surface area contributed by atoms with Crippen LogP contribution in [0, 0.1) is 6.92 Å². The number of benzene rings is 1. The zero-order valence-corrected chi connectivity index (χ0v) is 13.2. The van der Waals surface area contributed by atoms with Crippen molar-refractivity contribution in [3.05, 3.63) is 70.7 Å². The molecule has 0 aliphatic heterocycles. The fourth-order valence-corrected chi connectivity index (χ4v) is 2.95. The van der Waals surface area contributed by atoms with Crippen molar-refractivity contribution < 1.29 is 0 Å². The highest BCUT2D eigenvalue weighted by atomic mass is 35.5. The largest absolute Gasteiger partial charge is 0.302 e. The van der Waals surface area contributed by atoms with E-state index >= 15 is 0 Å². The van der Waals surface area contributed by atoms with Crippen molar-refractivity contribution >= 4 is 17.2 Å². The van der Waals surface area contributed by atoms with Crippen LogP contribution in [0.4, 0.5) is 0 Å². The van der Waals surface area contributed by atoms with Gasteiger partial charge in [0.2, 0.25) is 0 Å². The Hall–Kier alpha value is -1.80. The molecule has 2 heterocycles. The average molecular weight is 299 g/mol. The molecule has 3 aromatic rings. The molecule has 0 radical (unpaired) electrons. The molecule has 3 heteroatoms. The lowest BCUT2D eigenvalue weighted by atomic mass is 10.1. The van der Waals surface area contributed by atoms with Crippen LogP contribution in [-0.2, 0) is 18.7 Å². The Morgan fingerprint density at radius 3 is 2.48 bits per heavy atom. The molecule has 108 valence electrons. The van der Waals surface area contributed by atoms with Crippen LogP contribution in [0.2, 0.25) is 0 Å². The van der Waals surface area contributed by atoms with Crippen molar-refractivity contribution in [2.75, 3.05) is 0 Å². The summed E-state index contributed by atoms with van der Waals surface area (Å²) in [6.07, 6.45) is 3.94. The number of aryl methyl sites for hydroxylation is 2. The van der Waals surface area contributed by atoms with Crippen molar-refractivity contribution in [2.24, 2.45) is 0 Å². The first-order chi connectivity index (χ1) is 10.2. The summed E-state index contributed by atoms with van der Waals surface area (Å²) in [7, 11) is 0. The monoisotopic (exact) mass is 298 g/mol.